The van der Waals surface area contributed by atoms with Crippen LogP contribution in [0.1, 0.15) is 5.82 Å². The van der Waals surface area contributed by atoms with E-state index in [4.69, 9.17) is 4.74 Å². The second-order valence-electron chi connectivity index (χ2n) is 3.24. The molecule has 0 saturated carbocycles. The predicted octanol–water partition coefficient (Wildman–Crippen LogP) is 0.885. The smallest absolute Gasteiger partial charge is 0.205 e. The number of anilines is 1. The summed E-state index contributed by atoms with van der Waals surface area (Å²) in [5.74, 6) is 0.786. The molecule has 0 radical (unpaired) electrons. The molecule has 1 aromatic rings. The van der Waals surface area contributed by atoms with Crippen molar-refractivity contribution in [1.29, 1.82) is 0 Å². The summed E-state index contributed by atoms with van der Waals surface area (Å²) in [6, 6.07) is 0. The number of rotatable bonds is 4. The van der Waals surface area contributed by atoms with Crippen molar-refractivity contribution in [2.24, 2.45) is 0 Å². The van der Waals surface area contributed by atoms with Crippen molar-refractivity contribution >= 4 is 16.7 Å². The first kappa shape index (κ1) is 9.79. The van der Waals surface area contributed by atoms with Gasteiger partial charge in [-0.25, -0.2) is 9.37 Å². The van der Waals surface area contributed by atoms with Crippen LogP contribution in [0.3, 0.4) is 0 Å². The molecule has 1 aromatic heterocycles. The lowest BCUT2D eigenvalue weighted by Crippen LogP contribution is -2.48. The Labute approximate surface area is 85.9 Å². The summed E-state index contributed by atoms with van der Waals surface area (Å²) in [6.45, 7) is 1.54. The second-order valence-corrected chi connectivity index (χ2v) is 3.97. The van der Waals surface area contributed by atoms with Crippen molar-refractivity contribution in [3.63, 3.8) is 0 Å². The Morgan fingerprint density at radius 3 is 3.07 bits per heavy atom. The number of methoxy groups -OCH3 is 1. The van der Waals surface area contributed by atoms with Crippen molar-refractivity contribution < 1.29 is 9.13 Å². The SMILES string of the molecule is COCCc1nsc(N2CC(F)C2)n1. The summed E-state index contributed by atoms with van der Waals surface area (Å²) >= 11 is 1.33. The first-order valence-corrected chi connectivity index (χ1v) is 5.27. The number of aromatic nitrogens is 2. The molecule has 0 bridgehead atoms. The van der Waals surface area contributed by atoms with Gasteiger partial charge in [-0.15, -0.1) is 0 Å². The van der Waals surface area contributed by atoms with Gasteiger partial charge >= 0.3 is 0 Å². The molecule has 0 atom stereocenters. The third-order valence-electron chi connectivity index (χ3n) is 2.09. The molecule has 0 amide bonds. The number of hydrogen-bond donors (Lipinski definition) is 0. The van der Waals surface area contributed by atoms with Gasteiger partial charge in [0.05, 0.1) is 19.7 Å². The highest BCUT2D eigenvalue weighted by Crippen LogP contribution is 2.24. The summed E-state index contributed by atoms with van der Waals surface area (Å²) in [5.41, 5.74) is 0. The van der Waals surface area contributed by atoms with Crippen LogP contribution in [-0.2, 0) is 11.2 Å². The summed E-state index contributed by atoms with van der Waals surface area (Å²) in [6.07, 6.45) is 0.0289. The lowest BCUT2D eigenvalue weighted by atomic mass is 10.2. The van der Waals surface area contributed by atoms with Crippen molar-refractivity contribution in [1.82, 2.24) is 9.36 Å². The van der Waals surface area contributed by atoms with Gasteiger partial charge in [-0.1, -0.05) is 0 Å². The Hall–Kier alpha value is -0.750. The van der Waals surface area contributed by atoms with E-state index in [2.05, 4.69) is 9.36 Å². The van der Waals surface area contributed by atoms with Crippen molar-refractivity contribution in [3.05, 3.63) is 5.82 Å². The fourth-order valence-electron chi connectivity index (χ4n) is 1.25. The molecule has 1 saturated heterocycles. The summed E-state index contributed by atoms with van der Waals surface area (Å²) in [7, 11) is 1.65. The number of ether oxygens (including phenoxy) is 1. The molecule has 0 spiro atoms. The maximum atomic E-state index is 12.6. The van der Waals surface area contributed by atoms with E-state index in [0.717, 1.165) is 17.4 Å². The van der Waals surface area contributed by atoms with Crippen LogP contribution in [0.25, 0.3) is 0 Å². The van der Waals surface area contributed by atoms with E-state index in [9.17, 15) is 4.39 Å². The van der Waals surface area contributed by atoms with Crippen LogP contribution in [-0.4, -0.2) is 42.3 Å². The molecule has 0 N–H and O–H groups in total. The van der Waals surface area contributed by atoms with E-state index < -0.39 is 6.17 Å². The lowest BCUT2D eigenvalue weighted by molar-refractivity contribution is 0.200. The van der Waals surface area contributed by atoms with Crippen LogP contribution in [0.5, 0.6) is 0 Å². The molecule has 6 heteroatoms. The predicted molar refractivity (Wildman–Crippen MR) is 52.6 cm³/mol. The third kappa shape index (κ3) is 2.01. The molecule has 2 rings (SSSR count). The van der Waals surface area contributed by atoms with E-state index in [1.807, 2.05) is 4.90 Å². The first-order chi connectivity index (χ1) is 6.79. The molecule has 1 fully saturated rings. The van der Waals surface area contributed by atoms with Gasteiger partial charge in [0.1, 0.15) is 12.0 Å². The molecule has 4 nitrogen and oxygen atoms in total. The van der Waals surface area contributed by atoms with Crippen LogP contribution in [0.2, 0.25) is 0 Å². The maximum absolute atomic E-state index is 12.6. The molecule has 0 aliphatic carbocycles. The van der Waals surface area contributed by atoms with Gasteiger partial charge in [0.15, 0.2) is 0 Å². The molecule has 0 aromatic carbocycles. The number of alkyl halides is 1. The van der Waals surface area contributed by atoms with Gasteiger partial charge in [-0.3, -0.25) is 0 Å². The average molecular weight is 217 g/mol. The zero-order valence-electron chi connectivity index (χ0n) is 7.94. The Morgan fingerprint density at radius 1 is 1.64 bits per heavy atom. The minimum atomic E-state index is -0.693. The molecule has 2 heterocycles. The Bertz CT molecular complexity index is 301. The fraction of sp³-hybridized carbons (Fsp3) is 0.750. The number of halogens is 1. The molecule has 1 aliphatic heterocycles. The number of hydrogen-bond acceptors (Lipinski definition) is 5. The standard InChI is InChI=1S/C8H12FN3OS/c1-13-3-2-7-10-8(14-11-7)12-4-6(9)5-12/h6H,2-5H2,1H3. The van der Waals surface area contributed by atoms with E-state index in [1.54, 1.807) is 7.11 Å². The highest BCUT2D eigenvalue weighted by molar-refractivity contribution is 7.09. The summed E-state index contributed by atoms with van der Waals surface area (Å²) in [4.78, 5) is 6.19. The lowest BCUT2D eigenvalue weighted by Gasteiger charge is -2.33. The average Bonchev–Trinajstić information content (AvgIpc) is 2.58. The maximum Gasteiger partial charge on any atom is 0.205 e. The van der Waals surface area contributed by atoms with Crippen LogP contribution < -0.4 is 4.90 Å². The van der Waals surface area contributed by atoms with Gasteiger partial charge in [-0.2, -0.15) is 4.37 Å². The first-order valence-electron chi connectivity index (χ1n) is 4.50. The van der Waals surface area contributed by atoms with Crippen LogP contribution in [0.15, 0.2) is 0 Å². The van der Waals surface area contributed by atoms with Crippen molar-refractivity contribution in [2.45, 2.75) is 12.6 Å². The van der Waals surface area contributed by atoms with Gasteiger partial charge in [-0.05, 0) is 0 Å². The van der Waals surface area contributed by atoms with Gasteiger partial charge in [0.25, 0.3) is 0 Å². The minimum absolute atomic E-state index is 0.457. The zero-order valence-corrected chi connectivity index (χ0v) is 8.76. The van der Waals surface area contributed by atoms with Crippen LogP contribution >= 0.6 is 11.5 Å². The van der Waals surface area contributed by atoms with Crippen molar-refractivity contribution in [3.8, 4) is 0 Å². The van der Waals surface area contributed by atoms with Gasteiger partial charge < -0.3 is 9.64 Å². The second kappa shape index (κ2) is 4.18. The summed E-state index contributed by atoms with van der Waals surface area (Å²) < 4.78 is 21.6. The molecular weight excluding hydrogens is 205 g/mol. The Morgan fingerprint density at radius 2 is 2.43 bits per heavy atom. The highest BCUT2D eigenvalue weighted by Gasteiger charge is 2.28. The van der Waals surface area contributed by atoms with E-state index >= 15 is 0 Å². The van der Waals surface area contributed by atoms with E-state index in [1.165, 1.54) is 11.5 Å². The van der Waals surface area contributed by atoms with Crippen LogP contribution in [0, 0.1) is 0 Å². The van der Waals surface area contributed by atoms with E-state index in [-0.39, 0.29) is 0 Å². The number of nitrogens with zero attached hydrogens (tertiary/aromatic N) is 3. The molecule has 78 valence electrons. The Kier molecular flexibility index (Phi) is 2.93. The zero-order chi connectivity index (χ0) is 9.97. The topological polar surface area (TPSA) is 38.2 Å². The molecular formula is C8H12FN3OS. The minimum Gasteiger partial charge on any atom is -0.384 e. The third-order valence-corrected chi connectivity index (χ3v) is 2.91. The van der Waals surface area contributed by atoms with Crippen molar-refractivity contribution in [2.75, 3.05) is 31.7 Å². The quantitative estimate of drug-likeness (QED) is 0.750. The summed E-state index contributed by atoms with van der Waals surface area (Å²) in [5, 5.41) is 0.824. The van der Waals surface area contributed by atoms with Crippen LogP contribution in [0.4, 0.5) is 9.52 Å². The highest BCUT2D eigenvalue weighted by atomic mass is 32.1. The molecule has 14 heavy (non-hydrogen) atoms. The largest absolute Gasteiger partial charge is 0.384 e. The monoisotopic (exact) mass is 217 g/mol. The molecule has 1 aliphatic rings. The normalized spacial score (nSPS) is 17.1. The van der Waals surface area contributed by atoms with E-state index in [0.29, 0.717) is 19.7 Å². The van der Waals surface area contributed by atoms with Gasteiger partial charge in [0, 0.05) is 25.1 Å². The molecule has 0 unspecified atom stereocenters. The fourth-order valence-corrected chi connectivity index (χ4v) is 1.98. The Balaban J connectivity index is 1.90. The van der Waals surface area contributed by atoms with Gasteiger partial charge in [0.2, 0.25) is 5.13 Å².